The summed E-state index contributed by atoms with van der Waals surface area (Å²) in [6, 6.07) is 0. The van der Waals surface area contributed by atoms with Gasteiger partial charge >= 0.3 is 0 Å². The average Bonchev–Trinajstić information content (AvgIpc) is 2.26. The van der Waals surface area contributed by atoms with E-state index in [-0.39, 0.29) is 11.2 Å². The number of hydrogen-bond donors (Lipinski definition) is 1. The van der Waals surface area contributed by atoms with Gasteiger partial charge in [-0.3, -0.25) is 0 Å². The van der Waals surface area contributed by atoms with Crippen LogP contribution in [-0.4, -0.2) is 27.4 Å². The van der Waals surface area contributed by atoms with Crippen LogP contribution in [0.2, 0.25) is 0 Å². The summed E-state index contributed by atoms with van der Waals surface area (Å²) in [4.78, 5) is 0. The molecule has 0 aromatic rings. The van der Waals surface area contributed by atoms with Crippen molar-refractivity contribution in [2.45, 2.75) is 66.2 Å². The topological polar surface area (TPSA) is 69.4 Å². The van der Waals surface area contributed by atoms with Crippen molar-refractivity contribution in [2.75, 3.05) is 19.0 Å². The van der Waals surface area contributed by atoms with Crippen molar-refractivity contribution in [2.24, 2.45) is 16.5 Å². The first-order valence-corrected chi connectivity index (χ1v) is 9.54. The molecule has 0 saturated heterocycles. The highest BCUT2D eigenvalue weighted by molar-refractivity contribution is 7.89. The van der Waals surface area contributed by atoms with Crippen LogP contribution in [0.25, 0.3) is 0 Å². The van der Waals surface area contributed by atoms with E-state index in [9.17, 15) is 8.42 Å². The molecule has 0 radical (unpaired) electrons. The van der Waals surface area contributed by atoms with Crippen molar-refractivity contribution in [3.05, 3.63) is 0 Å². The van der Waals surface area contributed by atoms with E-state index < -0.39 is 10.0 Å². The predicted molar refractivity (Wildman–Crippen MR) is 85.1 cm³/mol. The lowest BCUT2D eigenvalue weighted by atomic mass is 9.82. The van der Waals surface area contributed by atoms with E-state index in [4.69, 9.17) is 9.88 Å². The molecule has 0 aliphatic rings. The number of nitrogens with two attached hydrogens (primary N) is 1. The third-order valence-corrected chi connectivity index (χ3v) is 4.56. The summed E-state index contributed by atoms with van der Waals surface area (Å²) in [5.41, 5.74) is -0.311. The minimum Gasteiger partial charge on any atom is -0.381 e. The molecule has 0 spiro atoms. The lowest BCUT2D eigenvalue weighted by Crippen LogP contribution is -2.37. The Morgan fingerprint density at radius 1 is 1.15 bits per heavy atom. The van der Waals surface area contributed by atoms with Crippen LogP contribution in [-0.2, 0) is 14.8 Å². The van der Waals surface area contributed by atoms with Gasteiger partial charge in [-0.1, -0.05) is 40.5 Å². The van der Waals surface area contributed by atoms with Crippen LogP contribution in [0.5, 0.6) is 0 Å². The van der Waals surface area contributed by atoms with Gasteiger partial charge in [-0.05, 0) is 31.6 Å². The van der Waals surface area contributed by atoms with E-state index in [0.29, 0.717) is 19.1 Å². The first kappa shape index (κ1) is 19.9. The van der Waals surface area contributed by atoms with Gasteiger partial charge < -0.3 is 4.74 Å². The van der Waals surface area contributed by atoms with Crippen LogP contribution in [0.1, 0.15) is 66.2 Å². The van der Waals surface area contributed by atoms with Gasteiger partial charge in [0.1, 0.15) is 0 Å². The van der Waals surface area contributed by atoms with E-state index in [2.05, 4.69) is 27.7 Å². The van der Waals surface area contributed by atoms with Gasteiger partial charge in [-0.2, -0.15) is 0 Å². The molecule has 0 heterocycles. The standard InChI is InChI=1S/C15H33NO3S/c1-5-9-15(10-6-2,13-20(16,17)18)12-19-11-7-8-14(3)4/h14H,5-13H2,1-4H3,(H2,16,17,18). The summed E-state index contributed by atoms with van der Waals surface area (Å²) in [5.74, 6) is 0.713. The van der Waals surface area contributed by atoms with Crippen LogP contribution in [0.4, 0.5) is 0 Å². The Hall–Kier alpha value is -0.130. The van der Waals surface area contributed by atoms with Gasteiger partial charge in [0.15, 0.2) is 0 Å². The maximum atomic E-state index is 11.5. The van der Waals surface area contributed by atoms with Gasteiger partial charge in [-0.15, -0.1) is 0 Å². The fraction of sp³-hybridized carbons (Fsp3) is 1.00. The first-order valence-electron chi connectivity index (χ1n) is 7.83. The molecule has 0 amide bonds. The summed E-state index contributed by atoms with van der Waals surface area (Å²) in [6.07, 6.45) is 5.77. The highest BCUT2D eigenvalue weighted by atomic mass is 32.2. The Kier molecular flexibility index (Phi) is 9.68. The van der Waals surface area contributed by atoms with E-state index in [1.54, 1.807) is 0 Å². The van der Waals surface area contributed by atoms with Crippen molar-refractivity contribution in [1.29, 1.82) is 0 Å². The van der Waals surface area contributed by atoms with Crippen molar-refractivity contribution in [1.82, 2.24) is 0 Å². The molecule has 0 aliphatic heterocycles. The van der Waals surface area contributed by atoms with Crippen LogP contribution < -0.4 is 5.14 Å². The van der Waals surface area contributed by atoms with Crippen molar-refractivity contribution >= 4 is 10.0 Å². The van der Waals surface area contributed by atoms with Gasteiger partial charge in [0, 0.05) is 12.0 Å². The number of hydrogen-bond acceptors (Lipinski definition) is 3. The normalized spacial score (nSPS) is 13.1. The zero-order valence-corrected chi connectivity index (χ0v) is 14.5. The van der Waals surface area contributed by atoms with Crippen molar-refractivity contribution in [3.63, 3.8) is 0 Å². The molecule has 0 rings (SSSR count). The molecule has 0 fully saturated rings. The third-order valence-electron chi connectivity index (χ3n) is 3.55. The Balaban J connectivity index is 4.50. The summed E-state index contributed by atoms with van der Waals surface area (Å²) in [6.45, 7) is 9.75. The average molecular weight is 308 g/mol. The largest absolute Gasteiger partial charge is 0.381 e. The third kappa shape index (κ3) is 9.72. The molecule has 0 bridgehead atoms. The number of primary sulfonamides is 1. The Morgan fingerprint density at radius 3 is 2.10 bits per heavy atom. The minimum atomic E-state index is -3.46. The fourth-order valence-electron chi connectivity index (χ4n) is 2.83. The lowest BCUT2D eigenvalue weighted by Gasteiger charge is -2.32. The summed E-state index contributed by atoms with van der Waals surface area (Å²) in [7, 11) is -3.46. The zero-order valence-electron chi connectivity index (χ0n) is 13.7. The first-order chi connectivity index (χ1) is 9.24. The summed E-state index contributed by atoms with van der Waals surface area (Å²) in [5, 5.41) is 5.27. The second-order valence-electron chi connectivity index (χ2n) is 6.40. The quantitative estimate of drug-likeness (QED) is 0.562. The smallest absolute Gasteiger partial charge is 0.209 e. The van der Waals surface area contributed by atoms with Crippen molar-refractivity contribution < 1.29 is 13.2 Å². The van der Waals surface area contributed by atoms with E-state index in [0.717, 1.165) is 38.5 Å². The van der Waals surface area contributed by atoms with Crippen molar-refractivity contribution in [3.8, 4) is 0 Å². The van der Waals surface area contributed by atoms with Crippen LogP contribution >= 0.6 is 0 Å². The predicted octanol–water partition coefficient (Wildman–Crippen LogP) is 3.31. The Bertz CT molecular complexity index is 333. The maximum absolute atomic E-state index is 11.5. The van der Waals surface area contributed by atoms with Crippen LogP contribution in [0.15, 0.2) is 0 Å². The molecule has 0 unspecified atom stereocenters. The summed E-state index contributed by atoms with van der Waals surface area (Å²) >= 11 is 0. The van der Waals surface area contributed by atoms with Crippen LogP contribution in [0, 0.1) is 11.3 Å². The van der Waals surface area contributed by atoms with Gasteiger partial charge in [0.2, 0.25) is 10.0 Å². The fourth-order valence-corrected chi connectivity index (χ4v) is 4.05. The van der Waals surface area contributed by atoms with Gasteiger partial charge in [-0.25, -0.2) is 13.6 Å². The van der Waals surface area contributed by atoms with E-state index >= 15 is 0 Å². The second kappa shape index (κ2) is 9.74. The van der Waals surface area contributed by atoms with Gasteiger partial charge in [0.25, 0.3) is 0 Å². The Labute approximate surface area is 125 Å². The van der Waals surface area contributed by atoms with Gasteiger partial charge in [0.05, 0.1) is 12.4 Å². The molecule has 4 nitrogen and oxygen atoms in total. The lowest BCUT2D eigenvalue weighted by molar-refractivity contribution is 0.0409. The van der Waals surface area contributed by atoms with E-state index in [1.165, 1.54) is 0 Å². The molecular weight excluding hydrogens is 274 g/mol. The monoisotopic (exact) mass is 307 g/mol. The molecule has 122 valence electrons. The maximum Gasteiger partial charge on any atom is 0.209 e. The molecule has 2 N–H and O–H groups in total. The molecule has 0 atom stereocenters. The molecule has 0 aromatic carbocycles. The zero-order chi connectivity index (χ0) is 15.6. The van der Waals surface area contributed by atoms with E-state index in [1.807, 2.05) is 0 Å². The SMILES string of the molecule is CCCC(CCC)(COCCCC(C)C)CS(N)(=O)=O. The Morgan fingerprint density at radius 2 is 1.70 bits per heavy atom. The molecule has 0 aliphatic carbocycles. The second-order valence-corrected chi connectivity index (χ2v) is 8.01. The molecule has 5 heteroatoms. The highest BCUT2D eigenvalue weighted by Gasteiger charge is 2.33. The summed E-state index contributed by atoms with van der Waals surface area (Å²) < 4.78 is 28.8. The minimum absolute atomic E-state index is 0.0336. The highest BCUT2D eigenvalue weighted by Crippen LogP contribution is 2.31. The number of ether oxygens (including phenoxy) is 1. The molecule has 20 heavy (non-hydrogen) atoms. The molecular formula is C15H33NO3S. The van der Waals surface area contributed by atoms with Crippen LogP contribution in [0.3, 0.4) is 0 Å². The number of rotatable bonds is 12. The molecule has 0 aromatic heterocycles. The number of sulfonamides is 1. The molecule has 0 saturated carbocycles.